The molecule has 0 atom stereocenters. The lowest BCUT2D eigenvalue weighted by molar-refractivity contribution is 0.336. The first kappa shape index (κ1) is 10.3. The standard InChI is InChI=1S/C8H12N2O4S/c1-3-4-5-6-7-10(2)8(9-6)14-15(11,12)13-7/h3-5H2,1-2H3. The van der Waals surface area contributed by atoms with E-state index < -0.39 is 10.4 Å². The lowest BCUT2D eigenvalue weighted by Crippen LogP contribution is -2.23. The predicted molar refractivity (Wildman–Crippen MR) is 52.0 cm³/mol. The van der Waals surface area contributed by atoms with Gasteiger partial charge in [0.15, 0.2) is 0 Å². The smallest absolute Gasteiger partial charge is 0.332 e. The summed E-state index contributed by atoms with van der Waals surface area (Å²) < 4.78 is 33.0. The van der Waals surface area contributed by atoms with E-state index in [0.717, 1.165) is 12.8 Å². The molecule has 2 heterocycles. The molecular formula is C8H12N2O4S. The highest BCUT2D eigenvalue weighted by Gasteiger charge is 2.31. The molecule has 7 heteroatoms. The summed E-state index contributed by atoms with van der Waals surface area (Å²) in [4.78, 5) is 4.06. The third kappa shape index (κ3) is 1.79. The molecule has 0 radical (unpaired) electrons. The highest BCUT2D eigenvalue weighted by atomic mass is 32.3. The van der Waals surface area contributed by atoms with Crippen LogP contribution >= 0.6 is 0 Å². The number of hydrogen-bond acceptors (Lipinski definition) is 5. The maximum atomic E-state index is 11.1. The molecular weight excluding hydrogens is 220 g/mol. The third-order valence-electron chi connectivity index (χ3n) is 2.19. The zero-order chi connectivity index (χ0) is 11.1. The van der Waals surface area contributed by atoms with Crippen molar-refractivity contribution in [2.24, 2.45) is 7.05 Å². The molecule has 0 saturated carbocycles. The second-order valence-corrected chi connectivity index (χ2v) is 4.53. The summed E-state index contributed by atoms with van der Waals surface area (Å²) in [6, 6.07) is 0.0716. The zero-order valence-corrected chi connectivity index (χ0v) is 9.37. The van der Waals surface area contributed by atoms with Crippen LogP contribution in [0.15, 0.2) is 0 Å². The van der Waals surface area contributed by atoms with Crippen molar-refractivity contribution >= 4 is 10.4 Å². The molecule has 0 N–H and O–H groups in total. The second-order valence-electron chi connectivity index (χ2n) is 3.38. The van der Waals surface area contributed by atoms with E-state index in [0.29, 0.717) is 12.1 Å². The first-order chi connectivity index (χ1) is 7.03. The Labute approximate surface area is 88.2 Å². The number of hydrogen-bond donors (Lipinski definition) is 0. The molecule has 0 spiro atoms. The molecule has 0 saturated heterocycles. The highest BCUT2D eigenvalue weighted by molar-refractivity contribution is 7.82. The van der Waals surface area contributed by atoms with Crippen molar-refractivity contribution < 1.29 is 16.8 Å². The average molecular weight is 232 g/mol. The number of rotatable bonds is 3. The number of aromatic nitrogens is 2. The van der Waals surface area contributed by atoms with Gasteiger partial charge in [0.25, 0.3) is 0 Å². The zero-order valence-electron chi connectivity index (χ0n) is 8.56. The van der Waals surface area contributed by atoms with E-state index in [1.165, 1.54) is 4.57 Å². The van der Waals surface area contributed by atoms with Gasteiger partial charge < -0.3 is 8.37 Å². The summed E-state index contributed by atoms with van der Waals surface area (Å²) in [7, 11) is -2.29. The van der Waals surface area contributed by atoms with Gasteiger partial charge in [-0.15, -0.1) is 8.42 Å². The lowest BCUT2D eigenvalue weighted by Gasteiger charge is -2.12. The van der Waals surface area contributed by atoms with E-state index in [9.17, 15) is 8.42 Å². The van der Waals surface area contributed by atoms with Crippen molar-refractivity contribution in [2.45, 2.75) is 26.2 Å². The van der Waals surface area contributed by atoms with Crippen molar-refractivity contribution in [3.05, 3.63) is 5.69 Å². The Kier molecular flexibility index (Phi) is 2.34. The van der Waals surface area contributed by atoms with E-state index in [1.807, 2.05) is 0 Å². The molecule has 1 aliphatic heterocycles. The van der Waals surface area contributed by atoms with E-state index in [-0.39, 0.29) is 11.9 Å². The Bertz CT molecular complexity index is 477. The monoisotopic (exact) mass is 232 g/mol. The minimum absolute atomic E-state index is 0.0716. The van der Waals surface area contributed by atoms with Crippen LogP contribution in [0.25, 0.3) is 0 Å². The van der Waals surface area contributed by atoms with Crippen LogP contribution in [-0.4, -0.2) is 18.0 Å². The van der Waals surface area contributed by atoms with Gasteiger partial charge in [0.2, 0.25) is 5.88 Å². The summed E-state index contributed by atoms with van der Waals surface area (Å²) >= 11 is 0. The normalized spacial score (nSPS) is 16.9. The molecule has 6 nitrogen and oxygen atoms in total. The molecule has 2 bridgehead atoms. The minimum atomic E-state index is -3.94. The number of aryl methyl sites for hydroxylation is 1. The molecule has 1 aromatic heterocycles. The molecule has 1 aromatic rings. The minimum Gasteiger partial charge on any atom is -0.332 e. The summed E-state index contributed by atoms with van der Waals surface area (Å²) in [6.45, 7) is 2.05. The average Bonchev–Trinajstić information content (AvgIpc) is 2.34. The fourth-order valence-corrected chi connectivity index (χ4v) is 2.18. The van der Waals surface area contributed by atoms with Crippen LogP contribution in [0.3, 0.4) is 0 Å². The Morgan fingerprint density at radius 2 is 2.13 bits per heavy atom. The van der Waals surface area contributed by atoms with Gasteiger partial charge in [0.05, 0.1) is 0 Å². The first-order valence-electron chi connectivity index (χ1n) is 4.73. The summed E-state index contributed by atoms with van der Waals surface area (Å²) in [5.74, 6) is 0.268. The molecule has 1 aliphatic rings. The van der Waals surface area contributed by atoms with E-state index in [1.54, 1.807) is 7.05 Å². The largest absolute Gasteiger partial charge is 0.505 e. The van der Waals surface area contributed by atoms with Gasteiger partial charge in [-0.1, -0.05) is 13.3 Å². The summed E-state index contributed by atoms with van der Waals surface area (Å²) in [6.07, 6.45) is 2.64. The van der Waals surface area contributed by atoms with Crippen molar-refractivity contribution in [1.29, 1.82) is 0 Å². The Morgan fingerprint density at radius 3 is 2.80 bits per heavy atom. The van der Waals surface area contributed by atoms with Crippen LogP contribution in [0.2, 0.25) is 0 Å². The second kappa shape index (κ2) is 3.41. The fraction of sp³-hybridized carbons (Fsp3) is 0.625. The number of nitrogens with zero attached hydrogens (tertiary/aromatic N) is 2. The van der Waals surface area contributed by atoms with Gasteiger partial charge in [-0.25, -0.2) is 0 Å². The SMILES string of the molecule is CCCCc1nc2n(C)c1OS(=O)(=O)O2. The van der Waals surface area contributed by atoms with Crippen LogP contribution in [0.1, 0.15) is 25.5 Å². The first-order valence-corrected chi connectivity index (χ1v) is 6.06. The number of fused-ring (bicyclic) bond motifs is 2. The quantitative estimate of drug-likeness (QED) is 0.770. The van der Waals surface area contributed by atoms with Gasteiger partial charge in [0, 0.05) is 7.05 Å². The molecule has 0 fully saturated rings. The van der Waals surface area contributed by atoms with E-state index >= 15 is 0 Å². The van der Waals surface area contributed by atoms with Gasteiger partial charge in [-0.3, -0.25) is 4.57 Å². The maximum Gasteiger partial charge on any atom is 0.505 e. The van der Waals surface area contributed by atoms with Crippen LogP contribution in [-0.2, 0) is 23.9 Å². The molecule has 0 unspecified atom stereocenters. The van der Waals surface area contributed by atoms with E-state index in [2.05, 4.69) is 16.1 Å². The van der Waals surface area contributed by atoms with Crippen molar-refractivity contribution in [1.82, 2.24) is 9.55 Å². The highest BCUT2D eigenvalue weighted by Crippen LogP contribution is 2.31. The van der Waals surface area contributed by atoms with Gasteiger partial charge >= 0.3 is 16.4 Å². The van der Waals surface area contributed by atoms with Crippen LogP contribution < -0.4 is 8.37 Å². The van der Waals surface area contributed by atoms with Gasteiger partial charge in [-0.2, -0.15) is 4.98 Å². The van der Waals surface area contributed by atoms with Crippen molar-refractivity contribution in [3.8, 4) is 11.9 Å². The Hall–Kier alpha value is -1.24. The van der Waals surface area contributed by atoms with Crippen molar-refractivity contribution in [2.75, 3.05) is 0 Å². The Balaban J connectivity index is 2.35. The lowest BCUT2D eigenvalue weighted by atomic mass is 10.2. The molecule has 84 valence electrons. The fourth-order valence-electron chi connectivity index (χ4n) is 1.41. The maximum absolute atomic E-state index is 11.1. The summed E-state index contributed by atoms with van der Waals surface area (Å²) in [5, 5.41) is 0. The Morgan fingerprint density at radius 1 is 1.40 bits per heavy atom. The molecule has 0 amide bonds. The van der Waals surface area contributed by atoms with Gasteiger partial charge in [0.1, 0.15) is 5.69 Å². The van der Waals surface area contributed by atoms with Crippen molar-refractivity contribution in [3.63, 3.8) is 0 Å². The predicted octanol–water partition coefficient (Wildman–Crippen LogP) is 0.779. The summed E-state index contributed by atoms with van der Waals surface area (Å²) in [5.41, 5.74) is 0.635. The topological polar surface area (TPSA) is 70.4 Å². The van der Waals surface area contributed by atoms with Crippen LogP contribution in [0.4, 0.5) is 0 Å². The molecule has 0 aliphatic carbocycles. The van der Waals surface area contributed by atoms with Crippen LogP contribution in [0, 0.1) is 0 Å². The molecule has 15 heavy (non-hydrogen) atoms. The number of imidazole rings is 1. The third-order valence-corrected chi connectivity index (χ3v) is 2.91. The number of unbranched alkanes of at least 4 members (excludes halogenated alkanes) is 1. The molecule has 0 aromatic carbocycles. The molecule has 2 rings (SSSR count). The van der Waals surface area contributed by atoms with Crippen LogP contribution in [0.5, 0.6) is 11.9 Å². The van der Waals surface area contributed by atoms with E-state index in [4.69, 9.17) is 4.18 Å². The van der Waals surface area contributed by atoms with Gasteiger partial charge in [-0.05, 0) is 12.8 Å².